The molecule has 1 atom stereocenters. The molecule has 2 aliphatic heterocycles. The van der Waals surface area contributed by atoms with Crippen LogP contribution in [0, 0.1) is 6.92 Å². The lowest BCUT2D eigenvalue weighted by atomic mass is 10.2. The minimum atomic E-state index is -0.453. The van der Waals surface area contributed by atoms with E-state index in [1.807, 2.05) is 19.9 Å². The highest BCUT2D eigenvalue weighted by Gasteiger charge is 2.27. The number of amides is 2. The number of nitrogens with zero attached hydrogens (tertiary/aromatic N) is 5. The highest BCUT2D eigenvalue weighted by atomic mass is 16.5. The van der Waals surface area contributed by atoms with Gasteiger partial charge < -0.3 is 20.3 Å². The van der Waals surface area contributed by atoms with Crippen LogP contribution in [0.2, 0.25) is 0 Å². The molecule has 0 radical (unpaired) electrons. The predicted molar refractivity (Wildman–Crippen MR) is 115 cm³/mol. The molecule has 2 aromatic rings. The van der Waals surface area contributed by atoms with Crippen molar-refractivity contribution >= 4 is 23.2 Å². The first-order valence-electron chi connectivity index (χ1n) is 10.5. The second kappa shape index (κ2) is 8.84. The van der Waals surface area contributed by atoms with Crippen molar-refractivity contribution in [2.75, 3.05) is 43.4 Å². The van der Waals surface area contributed by atoms with Gasteiger partial charge >= 0.3 is 0 Å². The van der Waals surface area contributed by atoms with Crippen molar-refractivity contribution < 1.29 is 14.3 Å². The third kappa shape index (κ3) is 4.43. The van der Waals surface area contributed by atoms with Crippen molar-refractivity contribution in [3.8, 4) is 5.75 Å². The molecule has 10 heteroatoms. The molecule has 164 valence electrons. The maximum absolute atomic E-state index is 12.1. The van der Waals surface area contributed by atoms with Crippen molar-refractivity contribution in [2.45, 2.75) is 32.9 Å². The first kappa shape index (κ1) is 21.0. The minimum absolute atomic E-state index is 0.110. The lowest BCUT2D eigenvalue weighted by molar-refractivity contribution is -0.123. The lowest BCUT2D eigenvalue weighted by Crippen LogP contribution is -2.46. The van der Waals surface area contributed by atoms with Crippen LogP contribution in [0.25, 0.3) is 0 Å². The van der Waals surface area contributed by atoms with Crippen LogP contribution in [0.4, 0.5) is 11.4 Å². The quantitative estimate of drug-likeness (QED) is 0.729. The average Bonchev–Trinajstić information content (AvgIpc) is 2.78. The van der Waals surface area contributed by atoms with Crippen molar-refractivity contribution in [3.63, 3.8) is 0 Å². The summed E-state index contributed by atoms with van der Waals surface area (Å²) < 4.78 is 5.71. The molecule has 31 heavy (non-hydrogen) atoms. The van der Waals surface area contributed by atoms with E-state index in [-0.39, 0.29) is 17.6 Å². The molecule has 10 nitrogen and oxygen atoms in total. The van der Waals surface area contributed by atoms with E-state index >= 15 is 0 Å². The van der Waals surface area contributed by atoms with Crippen LogP contribution in [-0.2, 0) is 11.3 Å². The molecule has 4 heterocycles. The molecule has 0 aliphatic carbocycles. The highest BCUT2D eigenvalue weighted by molar-refractivity contribution is 5.97. The Morgan fingerprint density at radius 1 is 1.26 bits per heavy atom. The fourth-order valence-corrected chi connectivity index (χ4v) is 3.82. The van der Waals surface area contributed by atoms with E-state index in [4.69, 9.17) is 4.74 Å². The zero-order valence-electron chi connectivity index (χ0n) is 18.0. The third-order valence-corrected chi connectivity index (χ3v) is 5.60. The van der Waals surface area contributed by atoms with Crippen LogP contribution in [0.1, 0.15) is 35.4 Å². The summed E-state index contributed by atoms with van der Waals surface area (Å²) in [6.07, 6.45) is 3.58. The number of ether oxygens (including phenoxy) is 1. The van der Waals surface area contributed by atoms with Crippen LogP contribution in [0.15, 0.2) is 18.5 Å². The second-order valence-electron chi connectivity index (χ2n) is 7.68. The van der Waals surface area contributed by atoms with Crippen molar-refractivity contribution in [1.29, 1.82) is 0 Å². The molecule has 1 saturated heterocycles. The van der Waals surface area contributed by atoms with Gasteiger partial charge in [0, 0.05) is 39.8 Å². The van der Waals surface area contributed by atoms with E-state index < -0.39 is 6.10 Å². The normalized spacial score (nSPS) is 18.7. The number of hydrogen-bond donors (Lipinski definition) is 2. The third-order valence-electron chi connectivity index (χ3n) is 5.60. The zero-order chi connectivity index (χ0) is 22.0. The molecule has 0 spiro atoms. The Hall–Kier alpha value is -3.27. The van der Waals surface area contributed by atoms with Gasteiger partial charge in [-0.3, -0.25) is 19.5 Å². The van der Waals surface area contributed by atoms with Gasteiger partial charge in [0.2, 0.25) is 5.82 Å². The molecule has 2 N–H and O–H groups in total. The molecular weight excluding hydrogens is 398 g/mol. The number of rotatable bonds is 5. The van der Waals surface area contributed by atoms with E-state index in [1.54, 1.807) is 19.4 Å². The van der Waals surface area contributed by atoms with Crippen molar-refractivity contribution in [3.05, 3.63) is 35.7 Å². The fraction of sp³-hybridized carbons (Fsp3) is 0.476. The number of carbonyl (C=O) groups excluding carboxylic acids is 2. The fourth-order valence-electron chi connectivity index (χ4n) is 3.82. The van der Waals surface area contributed by atoms with E-state index in [9.17, 15) is 9.59 Å². The number of anilines is 2. The number of piperazine rings is 1. The van der Waals surface area contributed by atoms with Crippen LogP contribution in [0.3, 0.4) is 0 Å². The Labute approximate surface area is 181 Å². The molecule has 2 aliphatic rings. The Bertz CT molecular complexity index is 989. The minimum Gasteiger partial charge on any atom is -0.477 e. The number of pyridine rings is 1. The van der Waals surface area contributed by atoms with Crippen LogP contribution >= 0.6 is 0 Å². The molecule has 4 rings (SSSR count). The number of nitrogens with one attached hydrogen (secondary N) is 2. The lowest BCUT2D eigenvalue weighted by Gasteiger charge is -2.36. The Kier molecular flexibility index (Phi) is 5.99. The number of hydrogen-bond acceptors (Lipinski definition) is 8. The van der Waals surface area contributed by atoms with Gasteiger partial charge in [0.1, 0.15) is 0 Å². The van der Waals surface area contributed by atoms with E-state index in [2.05, 4.69) is 35.4 Å². The summed E-state index contributed by atoms with van der Waals surface area (Å²) in [4.78, 5) is 41.4. The smallest absolute Gasteiger partial charge is 0.288 e. The molecule has 0 bridgehead atoms. The molecule has 2 aromatic heterocycles. The maximum Gasteiger partial charge on any atom is 0.288 e. The Morgan fingerprint density at radius 2 is 2.03 bits per heavy atom. The van der Waals surface area contributed by atoms with E-state index in [0.29, 0.717) is 24.4 Å². The predicted octanol–water partition coefficient (Wildman–Crippen LogP) is 0.971. The number of aromatic nitrogens is 3. The second-order valence-corrected chi connectivity index (χ2v) is 7.68. The summed E-state index contributed by atoms with van der Waals surface area (Å²) >= 11 is 0. The van der Waals surface area contributed by atoms with Gasteiger partial charge in [-0.25, -0.2) is 9.97 Å². The molecule has 2 amide bonds. The summed E-state index contributed by atoms with van der Waals surface area (Å²) in [5, 5.41) is 5.46. The van der Waals surface area contributed by atoms with Crippen molar-refractivity contribution in [1.82, 2.24) is 25.2 Å². The number of carbonyl (C=O) groups is 2. The summed E-state index contributed by atoms with van der Waals surface area (Å²) in [6.45, 7) is 7.87. The summed E-state index contributed by atoms with van der Waals surface area (Å²) in [6, 6.07) is 1.89. The first-order valence-corrected chi connectivity index (χ1v) is 10.5. The average molecular weight is 425 g/mol. The first-order chi connectivity index (χ1) is 15.0. The van der Waals surface area contributed by atoms with Crippen molar-refractivity contribution in [2.24, 2.45) is 0 Å². The van der Waals surface area contributed by atoms with Gasteiger partial charge in [0.05, 0.1) is 35.2 Å². The number of aryl methyl sites for hydroxylation is 1. The van der Waals surface area contributed by atoms with Gasteiger partial charge in [-0.15, -0.1) is 0 Å². The van der Waals surface area contributed by atoms with Gasteiger partial charge in [-0.05, 0) is 19.4 Å². The van der Waals surface area contributed by atoms with Gasteiger partial charge in [0.25, 0.3) is 11.8 Å². The molecule has 1 fully saturated rings. The van der Waals surface area contributed by atoms with Crippen LogP contribution in [0.5, 0.6) is 5.75 Å². The number of fused-ring (bicyclic) bond motifs is 1. The molecule has 0 saturated carbocycles. The summed E-state index contributed by atoms with van der Waals surface area (Å²) in [7, 11) is 1.56. The zero-order valence-corrected chi connectivity index (χ0v) is 18.0. The Balaban J connectivity index is 1.36. The van der Waals surface area contributed by atoms with Gasteiger partial charge in [-0.1, -0.05) is 6.92 Å². The van der Waals surface area contributed by atoms with Crippen LogP contribution < -0.4 is 20.3 Å². The molecule has 0 aromatic carbocycles. The summed E-state index contributed by atoms with van der Waals surface area (Å²) in [5.41, 5.74) is 3.31. The van der Waals surface area contributed by atoms with Gasteiger partial charge in [-0.2, -0.15) is 0 Å². The SMILES string of the molecule is CC[C@H]1Oc2cnc(CN3CCN(c4cnc(C(=O)NC)nc4C)CC3)cc2NC1=O. The molecule has 0 unspecified atom stereocenters. The van der Waals surface area contributed by atoms with E-state index in [0.717, 1.165) is 43.3 Å². The largest absolute Gasteiger partial charge is 0.477 e. The van der Waals surface area contributed by atoms with Gasteiger partial charge in [0.15, 0.2) is 11.9 Å². The maximum atomic E-state index is 12.1. The monoisotopic (exact) mass is 425 g/mol. The molecular formula is C21H27N7O3. The summed E-state index contributed by atoms with van der Waals surface area (Å²) in [5.74, 6) is 0.405. The highest BCUT2D eigenvalue weighted by Crippen LogP contribution is 2.30. The standard InChI is InChI=1S/C21H27N7O3/c1-4-17-20(29)26-15-9-14(23-11-18(15)31-17)12-27-5-7-28(8-6-27)16-10-24-19(21(30)22-3)25-13(16)2/h9-11,17H,4-8,12H2,1-3H3,(H,22,30)(H,26,29)/t17-/m1/s1. The van der Waals surface area contributed by atoms with Crippen LogP contribution in [-0.4, -0.2) is 71.0 Å². The topological polar surface area (TPSA) is 113 Å². The van der Waals surface area contributed by atoms with E-state index in [1.165, 1.54) is 0 Å². The Morgan fingerprint density at radius 3 is 2.71 bits per heavy atom.